The molecule has 2 aromatic heterocycles. The summed E-state index contributed by atoms with van der Waals surface area (Å²) in [6, 6.07) is 7.81. The molecule has 0 bridgehead atoms. The average molecular weight is 448 g/mol. The molecule has 0 fully saturated rings. The Labute approximate surface area is 179 Å². The fraction of sp³-hybridized carbons (Fsp3) is 0.368. The summed E-state index contributed by atoms with van der Waals surface area (Å²) < 4.78 is 31.4. The summed E-state index contributed by atoms with van der Waals surface area (Å²) in [5.41, 5.74) is 6.89. The molecule has 3 N–H and O–H groups in total. The number of nitrogen functional groups attached to an aromatic ring is 1. The van der Waals surface area contributed by atoms with Gasteiger partial charge in [0, 0.05) is 0 Å². The Morgan fingerprint density at radius 3 is 2.68 bits per heavy atom. The minimum absolute atomic E-state index is 0.270. The van der Waals surface area contributed by atoms with Crippen molar-refractivity contribution in [1.29, 1.82) is 0 Å². The molecule has 0 saturated carbocycles. The third-order valence-electron chi connectivity index (χ3n) is 4.35. The van der Waals surface area contributed by atoms with Crippen LogP contribution in [0.2, 0.25) is 0 Å². The molecule has 0 spiro atoms. The van der Waals surface area contributed by atoms with Gasteiger partial charge in [0.2, 0.25) is 0 Å². The van der Waals surface area contributed by atoms with Gasteiger partial charge < -0.3 is 24.3 Å². The van der Waals surface area contributed by atoms with Crippen molar-refractivity contribution < 1.29 is 23.4 Å². The zero-order valence-electron chi connectivity index (χ0n) is 17.5. The first kappa shape index (κ1) is 22.7. The fourth-order valence-electron chi connectivity index (χ4n) is 2.85. The molecule has 31 heavy (non-hydrogen) atoms. The number of fused-ring (bicyclic) bond motifs is 1. The molecule has 0 amide bonds. The van der Waals surface area contributed by atoms with Crippen LogP contribution in [0.3, 0.4) is 0 Å². The monoisotopic (exact) mass is 448 g/mol. The molecule has 3 atom stereocenters. The van der Waals surface area contributed by atoms with Crippen LogP contribution in [0.15, 0.2) is 43.0 Å². The molecule has 3 rings (SSSR count). The summed E-state index contributed by atoms with van der Waals surface area (Å²) in [7, 11) is -2.35. The Hall–Kier alpha value is -3.01. The highest BCUT2D eigenvalue weighted by Crippen LogP contribution is 2.44. The highest BCUT2D eigenvalue weighted by molar-refractivity contribution is 7.57. The summed E-state index contributed by atoms with van der Waals surface area (Å²) >= 11 is 0. The Bertz CT molecular complexity index is 1080. The molecule has 3 aromatic rings. The van der Waals surface area contributed by atoms with E-state index in [1.54, 1.807) is 35.2 Å². The van der Waals surface area contributed by atoms with Crippen molar-refractivity contribution in [2.45, 2.75) is 32.5 Å². The number of ether oxygens (including phenoxy) is 2. The quantitative estimate of drug-likeness (QED) is 0.350. The third kappa shape index (κ3) is 5.78. The van der Waals surface area contributed by atoms with Gasteiger partial charge in [0.05, 0.1) is 26.1 Å². The second kappa shape index (κ2) is 9.86. The number of carbonyl (C=O) groups is 1. The smallest absolute Gasteiger partial charge is 0.342 e. The second-order valence-electron chi connectivity index (χ2n) is 6.89. The molecule has 1 aromatic carbocycles. The van der Waals surface area contributed by atoms with Gasteiger partial charge in [-0.1, -0.05) is 18.2 Å². The summed E-state index contributed by atoms with van der Waals surface area (Å²) in [6.45, 7) is 3.73. The number of hydrogen-bond donors (Lipinski definition) is 2. The number of rotatable bonds is 10. The fourth-order valence-corrected chi connectivity index (χ4v) is 4.64. The van der Waals surface area contributed by atoms with Crippen molar-refractivity contribution >= 4 is 30.5 Å². The van der Waals surface area contributed by atoms with Gasteiger partial charge in [0.15, 0.2) is 11.5 Å². The zero-order chi connectivity index (χ0) is 22.4. The van der Waals surface area contributed by atoms with Gasteiger partial charge in [-0.2, -0.15) is 0 Å². The van der Waals surface area contributed by atoms with Gasteiger partial charge in [0.1, 0.15) is 30.0 Å². The maximum absolute atomic E-state index is 13.5. The van der Waals surface area contributed by atoms with Crippen LogP contribution in [0.5, 0.6) is 5.75 Å². The topological polar surface area (TPSA) is 143 Å². The van der Waals surface area contributed by atoms with Gasteiger partial charge in [-0.3, -0.25) is 9.36 Å². The van der Waals surface area contributed by atoms with E-state index in [9.17, 15) is 9.36 Å². The van der Waals surface area contributed by atoms with Crippen LogP contribution in [-0.2, 0) is 25.4 Å². The van der Waals surface area contributed by atoms with Crippen molar-refractivity contribution in [3.8, 4) is 5.75 Å². The molecular formula is C19H25N6O5P. The predicted molar refractivity (Wildman–Crippen MR) is 114 cm³/mol. The van der Waals surface area contributed by atoms with E-state index in [0.717, 1.165) is 0 Å². The number of benzene rings is 1. The Morgan fingerprint density at radius 2 is 1.97 bits per heavy atom. The van der Waals surface area contributed by atoms with Crippen LogP contribution in [0.25, 0.3) is 11.2 Å². The second-order valence-corrected chi connectivity index (χ2v) is 8.93. The summed E-state index contributed by atoms with van der Waals surface area (Å²) in [6.07, 6.45) is 2.31. The Morgan fingerprint density at radius 1 is 1.23 bits per heavy atom. The molecule has 0 radical (unpaired) electrons. The van der Waals surface area contributed by atoms with E-state index >= 15 is 0 Å². The lowest BCUT2D eigenvalue weighted by molar-refractivity contribution is -0.142. The molecule has 0 unspecified atom stereocenters. The van der Waals surface area contributed by atoms with Gasteiger partial charge in [-0.25, -0.2) is 20.0 Å². The van der Waals surface area contributed by atoms with E-state index in [2.05, 4.69) is 20.0 Å². The van der Waals surface area contributed by atoms with Crippen LogP contribution < -0.4 is 15.3 Å². The van der Waals surface area contributed by atoms with Crippen LogP contribution in [-0.4, -0.2) is 51.1 Å². The summed E-state index contributed by atoms with van der Waals surface area (Å²) in [5, 5.41) is 2.72. The maximum atomic E-state index is 13.5. The molecule has 0 aliphatic rings. The van der Waals surface area contributed by atoms with Gasteiger partial charge in [-0.15, -0.1) is 0 Å². The van der Waals surface area contributed by atoms with E-state index in [1.165, 1.54) is 20.4 Å². The number of nitrogens with one attached hydrogen (secondary N) is 1. The first-order valence-corrected chi connectivity index (χ1v) is 11.3. The highest BCUT2D eigenvalue weighted by atomic mass is 31.2. The van der Waals surface area contributed by atoms with Gasteiger partial charge in [-0.05, 0) is 26.0 Å². The number of methoxy groups -OCH3 is 1. The molecular weight excluding hydrogens is 423 g/mol. The third-order valence-corrected chi connectivity index (χ3v) is 6.13. The van der Waals surface area contributed by atoms with Gasteiger partial charge in [0.25, 0.3) is 0 Å². The number of carbonyl (C=O) groups excluding carboxylic acids is 1. The van der Waals surface area contributed by atoms with Crippen LogP contribution in [0.1, 0.15) is 13.8 Å². The number of nitrogens with two attached hydrogens (primary N) is 1. The standard InChI is InChI=1S/C19H25N6O5P/c1-13(9-25-11-23-16-17(20)21-10-22-18(16)25)29-12-31(27,24-14(2)19(26)28-3)30-15-7-5-4-6-8-15/h4-8,10-11,13-14H,9,12H2,1-3H3,(H,24,27)(H2,20,21,22)/t13-,14+,31-/m1/s1. The first-order valence-electron chi connectivity index (χ1n) is 9.53. The molecule has 12 heteroatoms. The maximum Gasteiger partial charge on any atom is 0.342 e. The van der Waals surface area contributed by atoms with Crippen molar-refractivity contribution in [2.24, 2.45) is 0 Å². The lowest BCUT2D eigenvalue weighted by atomic mass is 10.3. The molecule has 0 aliphatic carbocycles. The van der Waals surface area contributed by atoms with Crippen molar-refractivity contribution in [1.82, 2.24) is 24.6 Å². The van der Waals surface area contributed by atoms with E-state index < -0.39 is 19.5 Å². The van der Waals surface area contributed by atoms with Gasteiger partial charge >= 0.3 is 13.5 Å². The predicted octanol–water partition coefficient (Wildman–Crippen LogP) is 2.19. The molecule has 2 heterocycles. The molecule has 0 aliphatic heterocycles. The zero-order valence-corrected chi connectivity index (χ0v) is 18.4. The number of para-hydroxylation sites is 1. The van der Waals surface area contributed by atoms with E-state index in [4.69, 9.17) is 19.7 Å². The van der Waals surface area contributed by atoms with Crippen molar-refractivity contribution in [3.63, 3.8) is 0 Å². The minimum atomic E-state index is -3.61. The minimum Gasteiger partial charge on any atom is -0.468 e. The number of anilines is 1. The number of hydrogen-bond acceptors (Lipinski definition) is 9. The van der Waals surface area contributed by atoms with Crippen LogP contribution in [0.4, 0.5) is 5.82 Å². The average Bonchev–Trinajstić information content (AvgIpc) is 3.16. The van der Waals surface area contributed by atoms with Crippen LogP contribution in [0, 0.1) is 0 Å². The molecule has 11 nitrogen and oxygen atoms in total. The molecule has 166 valence electrons. The number of imidazole rings is 1. The number of esters is 1. The first-order chi connectivity index (χ1) is 14.8. The largest absolute Gasteiger partial charge is 0.468 e. The molecule has 0 saturated heterocycles. The van der Waals surface area contributed by atoms with E-state index in [1.807, 2.05) is 13.0 Å². The SMILES string of the molecule is COC(=O)[C@H](C)N[P@@](=O)(CO[C@H](C)Cn1cnc2c(N)ncnc21)Oc1ccccc1. The Kier molecular flexibility index (Phi) is 7.21. The van der Waals surface area contributed by atoms with E-state index in [-0.39, 0.29) is 12.5 Å². The normalized spacial score (nSPS) is 15.2. The number of nitrogens with zero attached hydrogens (tertiary/aromatic N) is 4. The lowest BCUT2D eigenvalue weighted by Gasteiger charge is -2.24. The number of aromatic nitrogens is 4. The summed E-state index contributed by atoms with van der Waals surface area (Å²) in [5.74, 6) is 0.116. The lowest BCUT2D eigenvalue weighted by Crippen LogP contribution is -2.35. The highest BCUT2D eigenvalue weighted by Gasteiger charge is 2.31. The summed E-state index contributed by atoms with van der Waals surface area (Å²) in [4.78, 5) is 24.1. The van der Waals surface area contributed by atoms with E-state index in [0.29, 0.717) is 29.3 Å². The van der Waals surface area contributed by atoms with Crippen LogP contribution >= 0.6 is 7.52 Å². The van der Waals surface area contributed by atoms with Crippen molar-refractivity contribution in [3.05, 3.63) is 43.0 Å². The van der Waals surface area contributed by atoms with Crippen molar-refractivity contribution in [2.75, 3.05) is 19.2 Å². The Balaban J connectivity index is 1.70.